The number of carbonyl (C=O) groups excluding carboxylic acids is 2. The molecule has 1 aliphatic rings. The number of rotatable bonds is 6. The Morgan fingerprint density at radius 1 is 1.26 bits per heavy atom. The third-order valence-corrected chi connectivity index (χ3v) is 3.66. The van der Waals surface area contributed by atoms with E-state index >= 15 is 0 Å². The van der Waals surface area contributed by atoms with Crippen LogP contribution in [0.25, 0.3) is 0 Å². The maximum atomic E-state index is 11.9. The van der Waals surface area contributed by atoms with Gasteiger partial charge in [0.2, 0.25) is 5.91 Å². The monoisotopic (exact) mass is 271 g/mol. The van der Waals surface area contributed by atoms with Gasteiger partial charge >= 0.3 is 11.9 Å². The predicted octanol–water partition coefficient (Wildman–Crippen LogP) is 1.09. The minimum absolute atomic E-state index is 0.00697. The first-order chi connectivity index (χ1) is 8.88. The Balaban J connectivity index is 2.57. The zero-order valence-corrected chi connectivity index (χ0v) is 11.4. The summed E-state index contributed by atoms with van der Waals surface area (Å²) in [5, 5.41) is 11.5. The number of carboxylic acids is 1. The molecule has 6 nitrogen and oxygen atoms in total. The maximum Gasteiger partial charge on any atom is 0.328 e. The molecule has 0 aromatic carbocycles. The molecule has 0 spiro atoms. The molecule has 0 heterocycles. The van der Waals surface area contributed by atoms with E-state index < -0.39 is 23.4 Å². The van der Waals surface area contributed by atoms with E-state index in [-0.39, 0.29) is 18.7 Å². The van der Waals surface area contributed by atoms with Crippen LogP contribution < -0.4 is 5.32 Å². The molecule has 1 atom stereocenters. The average molecular weight is 271 g/mol. The molecule has 1 unspecified atom stereocenters. The highest BCUT2D eigenvalue weighted by atomic mass is 16.5. The number of ether oxygens (including phenoxy) is 1. The number of methoxy groups -OCH3 is 1. The summed E-state index contributed by atoms with van der Waals surface area (Å²) in [6.45, 7) is 1.54. The van der Waals surface area contributed by atoms with Gasteiger partial charge in [-0.15, -0.1) is 0 Å². The summed E-state index contributed by atoms with van der Waals surface area (Å²) in [5.41, 5.74) is -0.453. The smallest absolute Gasteiger partial charge is 0.328 e. The molecule has 19 heavy (non-hydrogen) atoms. The van der Waals surface area contributed by atoms with Crippen LogP contribution in [0.1, 0.15) is 45.4 Å². The standard InChI is InChI=1S/C13H21NO5/c1-9(12(18)19-2)14-10(15)7-13(8-11(16)17)5-3-4-6-13/h9H,3-8H2,1-2H3,(H,14,15)(H,16,17). The van der Waals surface area contributed by atoms with Crippen LogP contribution in [0.4, 0.5) is 0 Å². The van der Waals surface area contributed by atoms with E-state index in [4.69, 9.17) is 5.11 Å². The van der Waals surface area contributed by atoms with Gasteiger partial charge in [0.1, 0.15) is 6.04 Å². The van der Waals surface area contributed by atoms with Crippen molar-refractivity contribution in [1.82, 2.24) is 5.32 Å². The van der Waals surface area contributed by atoms with Gasteiger partial charge in [-0.25, -0.2) is 4.79 Å². The lowest BCUT2D eigenvalue weighted by molar-refractivity contribution is -0.145. The molecule has 1 amide bonds. The molecule has 0 aliphatic heterocycles. The van der Waals surface area contributed by atoms with Gasteiger partial charge in [0.25, 0.3) is 0 Å². The summed E-state index contributed by atoms with van der Waals surface area (Å²) in [5.74, 6) is -1.68. The second kappa shape index (κ2) is 6.54. The molecule has 1 rings (SSSR count). The molecular weight excluding hydrogens is 250 g/mol. The van der Waals surface area contributed by atoms with E-state index in [2.05, 4.69) is 10.1 Å². The second-order valence-corrected chi connectivity index (χ2v) is 5.27. The van der Waals surface area contributed by atoms with E-state index in [0.717, 1.165) is 25.7 Å². The highest BCUT2D eigenvalue weighted by Gasteiger charge is 2.38. The average Bonchev–Trinajstić information content (AvgIpc) is 2.74. The number of nitrogens with one attached hydrogen (secondary N) is 1. The number of carbonyl (C=O) groups is 3. The Morgan fingerprint density at radius 2 is 1.84 bits per heavy atom. The van der Waals surface area contributed by atoms with Crippen LogP contribution in [0.2, 0.25) is 0 Å². The first-order valence-electron chi connectivity index (χ1n) is 6.47. The fourth-order valence-corrected chi connectivity index (χ4v) is 2.73. The zero-order chi connectivity index (χ0) is 14.5. The Hall–Kier alpha value is -1.59. The normalized spacial score (nSPS) is 18.6. The first kappa shape index (κ1) is 15.5. The van der Waals surface area contributed by atoms with Crippen LogP contribution in [0.15, 0.2) is 0 Å². The summed E-state index contributed by atoms with van der Waals surface area (Å²) < 4.78 is 4.52. The summed E-state index contributed by atoms with van der Waals surface area (Å²) in [4.78, 5) is 34.0. The maximum absolute atomic E-state index is 11.9. The Morgan fingerprint density at radius 3 is 2.32 bits per heavy atom. The number of amides is 1. The number of carboxylic acid groups (broad SMARTS) is 1. The lowest BCUT2D eigenvalue weighted by atomic mass is 9.79. The van der Waals surface area contributed by atoms with Crippen molar-refractivity contribution >= 4 is 17.8 Å². The summed E-state index contributed by atoms with van der Waals surface area (Å²) in [6, 6.07) is -0.708. The molecule has 2 N–H and O–H groups in total. The van der Waals surface area contributed by atoms with Crippen LogP contribution in [0.3, 0.4) is 0 Å². The molecule has 0 aromatic heterocycles. The summed E-state index contributed by atoms with van der Waals surface area (Å²) in [7, 11) is 1.26. The van der Waals surface area contributed by atoms with Crippen LogP contribution in [0.5, 0.6) is 0 Å². The summed E-state index contributed by atoms with van der Waals surface area (Å²) >= 11 is 0. The molecule has 1 saturated carbocycles. The number of aliphatic carboxylic acids is 1. The Bertz CT molecular complexity index is 360. The highest BCUT2D eigenvalue weighted by Crippen LogP contribution is 2.43. The summed E-state index contributed by atoms with van der Waals surface area (Å²) in [6.07, 6.45) is 3.56. The van der Waals surface area contributed by atoms with Gasteiger partial charge in [-0.3, -0.25) is 9.59 Å². The van der Waals surface area contributed by atoms with Gasteiger partial charge in [0.15, 0.2) is 0 Å². The molecule has 0 saturated heterocycles. The molecule has 108 valence electrons. The van der Waals surface area contributed by atoms with Crippen molar-refractivity contribution in [1.29, 1.82) is 0 Å². The largest absolute Gasteiger partial charge is 0.481 e. The molecule has 1 aliphatic carbocycles. The van der Waals surface area contributed by atoms with E-state index in [1.165, 1.54) is 7.11 Å². The third-order valence-electron chi connectivity index (χ3n) is 3.66. The predicted molar refractivity (Wildman–Crippen MR) is 67.4 cm³/mol. The Labute approximate surface area is 112 Å². The molecule has 0 bridgehead atoms. The molecule has 1 fully saturated rings. The minimum Gasteiger partial charge on any atom is -0.481 e. The highest BCUT2D eigenvalue weighted by molar-refractivity contribution is 5.84. The van der Waals surface area contributed by atoms with Crippen LogP contribution >= 0.6 is 0 Å². The van der Waals surface area contributed by atoms with Gasteiger partial charge in [-0.1, -0.05) is 12.8 Å². The molecular formula is C13H21NO5. The van der Waals surface area contributed by atoms with Crippen molar-refractivity contribution in [2.45, 2.75) is 51.5 Å². The quantitative estimate of drug-likeness (QED) is 0.705. The van der Waals surface area contributed by atoms with Crippen LogP contribution in [0, 0.1) is 5.41 Å². The minimum atomic E-state index is -0.879. The van der Waals surface area contributed by atoms with E-state index in [0.29, 0.717) is 0 Å². The van der Waals surface area contributed by atoms with Crippen molar-refractivity contribution in [2.75, 3.05) is 7.11 Å². The fourth-order valence-electron chi connectivity index (χ4n) is 2.73. The number of esters is 1. The molecule has 0 aromatic rings. The van der Waals surface area contributed by atoms with Gasteiger partial charge in [-0.05, 0) is 25.2 Å². The van der Waals surface area contributed by atoms with Gasteiger partial charge in [0, 0.05) is 6.42 Å². The van der Waals surface area contributed by atoms with Crippen LogP contribution in [-0.4, -0.2) is 36.1 Å². The fraction of sp³-hybridized carbons (Fsp3) is 0.769. The lowest BCUT2D eigenvalue weighted by Gasteiger charge is -2.26. The number of hydrogen-bond acceptors (Lipinski definition) is 4. The van der Waals surface area contributed by atoms with Gasteiger partial charge in [0.05, 0.1) is 13.5 Å². The van der Waals surface area contributed by atoms with Crippen molar-refractivity contribution in [3.63, 3.8) is 0 Å². The Kier molecular flexibility index (Phi) is 5.32. The van der Waals surface area contributed by atoms with E-state index in [1.54, 1.807) is 6.92 Å². The van der Waals surface area contributed by atoms with E-state index in [1.807, 2.05) is 0 Å². The SMILES string of the molecule is COC(=O)C(C)NC(=O)CC1(CC(=O)O)CCCC1. The topological polar surface area (TPSA) is 92.7 Å². The van der Waals surface area contributed by atoms with Crippen molar-refractivity contribution in [3.05, 3.63) is 0 Å². The lowest BCUT2D eigenvalue weighted by Crippen LogP contribution is -2.41. The third kappa shape index (κ3) is 4.54. The van der Waals surface area contributed by atoms with Crippen molar-refractivity contribution in [3.8, 4) is 0 Å². The van der Waals surface area contributed by atoms with Crippen molar-refractivity contribution < 1.29 is 24.2 Å². The van der Waals surface area contributed by atoms with Crippen LogP contribution in [-0.2, 0) is 19.1 Å². The second-order valence-electron chi connectivity index (χ2n) is 5.27. The van der Waals surface area contributed by atoms with Gasteiger partial charge in [-0.2, -0.15) is 0 Å². The van der Waals surface area contributed by atoms with Gasteiger partial charge < -0.3 is 15.2 Å². The zero-order valence-electron chi connectivity index (χ0n) is 11.4. The first-order valence-corrected chi connectivity index (χ1v) is 6.47. The van der Waals surface area contributed by atoms with E-state index in [9.17, 15) is 14.4 Å². The number of hydrogen-bond donors (Lipinski definition) is 2. The molecule has 6 heteroatoms. The molecule has 0 radical (unpaired) electrons. The van der Waals surface area contributed by atoms with Crippen molar-refractivity contribution in [2.24, 2.45) is 5.41 Å².